The largest absolute Gasteiger partial charge is 0.338 e. The molecular weight excluding hydrogens is 302 g/mol. The van der Waals surface area contributed by atoms with Gasteiger partial charge in [0.2, 0.25) is 0 Å². The van der Waals surface area contributed by atoms with Crippen molar-refractivity contribution in [1.29, 1.82) is 0 Å². The lowest BCUT2D eigenvalue weighted by Gasteiger charge is -2.36. The zero-order chi connectivity index (χ0) is 14.3. The van der Waals surface area contributed by atoms with Gasteiger partial charge in [0.25, 0.3) is 11.8 Å². The first-order valence-corrected chi connectivity index (χ1v) is 7.43. The first-order valence-electron chi connectivity index (χ1n) is 6.18. The van der Waals surface area contributed by atoms with Crippen molar-refractivity contribution >= 4 is 40.8 Å². The first kappa shape index (κ1) is 13.4. The van der Waals surface area contributed by atoms with E-state index in [2.05, 4.69) is 10.6 Å². The number of nitrogens with one attached hydrogen (secondary N) is 2. The van der Waals surface area contributed by atoms with E-state index in [1.807, 2.05) is 0 Å². The van der Waals surface area contributed by atoms with Crippen molar-refractivity contribution in [1.82, 2.24) is 15.5 Å². The van der Waals surface area contributed by atoms with E-state index in [1.54, 1.807) is 16.3 Å². The molecule has 2 N–H and O–H groups in total. The second-order valence-corrected chi connectivity index (χ2v) is 6.20. The Kier molecular flexibility index (Phi) is 3.18. The topological polar surface area (TPSA) is 78.5 Å². The van der Waals surface area contributed by atoms with Gasteiger partial charge in [0.05, 0.1) is 5.02 Å². The van der Waals surface area contributed by atoms with E-state index >= 15 is 0 Å². The quantitative estimate of drug-likeness (QED) is 0.765. The Balaban J connectivity index is 1.70. The van der Waals surface area contributed by atoms with E-state index in [9.17, 15) is 14.4 Å². The summed E-state index contributed by atoms with van der Waals surface area (Å²) >= 11 is 7.26. The fourth-order valence-electron chi connectivity index (χ4n) is 2.56. The van der Waals surface area contributed by atoms with Gasteiger partial charge in [-0.3, -0.25) is 14.9 Å². The zero-order valence-corrected chi connectivity index (χ0v) is 12.0. The molecule has 2 saturated heterocycles. The molecule has 1 spiro atoms. The van der Waals surface area contributed by atoms with Gasteiger partial charge in [-0.05, 0) is 24.3 Å². The summed E-state index contributed by atoms with van der Waals surface area (Å²) in [6.07, 6.45) is 0.832. The molecule has 6 nitrogen and oxygen atoms in total. The summed E-state index contributed by atoms with van der Waals surface area (Å²) in [6.45, 7) is 0.835. The van der Waals surface area contributed by atoms with E-state index in [4.69, 9.17) is 11.6 Å². The number of carbonyl (C=O) groups excluding carboxylic acids is 3. The number of nitrogens with zero attached hydrogens (tertiary/aromatic N) is 1. The van der Waals surface area contributed by atoms with Gasteiger partial charge < -0.3 is 10.2 Å². The fourth-order valence-corrected chi connectivity index (χ4v) is 3.66. The highest BCUT2D eigenvalue weighted by molar-refractivity contribution is 7.12. The van der Waals surface area contributed by atoms with E-state index in [-0.39, 0.29) is 11.8 Å². The molecule has 106 valence electrons. The van der Waals surface area contributed by atoms with Gasteiger partial charge in [0.15, 0.2) is 0 Å². The number of halogens is 1. The van der Waals surface area contributed by atoms with Crippen LogP contribution in [0.1, 0.15) is 22.5 Å². The second-order valence-electron chi connectivity index (χ2n) is 4.88. The maximum Gasteiger partial charge on any atom is 0.322 e. The predicted molar refractivity (Wildman–Crippen MR) is 73.9 cm³/mol. The summed E-state index contributed by atoms with van der Waals surface area (Å²) in [7, 11) is 0. The van der Waals surface area contributed by atoms with Gasteiger partial charge in [0, 0.05) is 13.1 Å². The van der Waals surface area contributed by atoms with Crippen molar-refractivity contribution in [2.75, 3.05) is 13.1 Å². The summed E-state index contributed by atoms with van der Waals surface area (Å²) in [4.78, 5) is 37.5. The fraction of sp³-hybridized carbons (Fsp3) is 0.417. The van der Waals surface area contributed by atoms with Crippen molar-refractivity contribution in [3.05, 3.63) is 21.3 Å². The van der Waals surface area contributed by atoms with Crippen LogP contribution < -0.4 is 10.6 Å². The molecule has 2 aliphatic rings. The number of thiophene rings is 1. The Hall–Kier alpha value is -1.60. The smallest absolute Gasteiger partial charge is 0.322 e. The molecule has 3 rings (SSSR count). The monoisotopic (exact) mass is 313 g/mol. The lowest BCUT2D eigenvalue weighted by Crippen LogP contribution is -2.55. The standard InChI is InChI=1S/C12H12ClN3O3S/c13-7-1-6-20-8(7)9(17)16-4-2-12(3-5-16)10(18)14-11(19)15-12/h1,6H,2-5H2,(H2,14,15,18,19). The van der Waals surface area contributed by atoms with Gasteiger partial charge >= 0.3 is 6.03 Å². The van der Waals surface area contributed by atoms with Gasteiger partial charge in [-0.25, -0.2) is 4.79 Å². The van der Waals surface area contributed by atoms with E-state index in [0.717, 1.165) is 0 Å². The molecular formula is C12H12ClN3O3S. The lowest BCUT2D eigenvalue weighted by molar-refractivity contribution is -0.125. The number of imide groups is 1. The summed E-state index contributed by atoms with van der Waals surface area (Å²) in [6, 6.07) is 1.23. The number of piperidine rings is 1. The normalized spacial score (nSPS) is 20.9. The van der Waals surface area contributed by atoms with Crippen molar-refractivity contribution in [2.24, 2.45) is 0 Å². The Morgan fingerprint density at radius 2 is 2.05 bits per heavy atom. The molecule has 0 saturated carbocycles. The Labute approximate surface area is 124 Å². The van der Waals surface area contributed by atoms with Crippen molar-refractivity contribution in [2.45, 2.75) is 18.4 Å². The molecule has 1 aromatic rings. The number of carbonyl (C=O) groups is 3. The Morgan fingerprint density at radius 3 is 2.55 bits per heavy atom. The van der Waals surface area contributed by atoms with Crippen LogP contribution >= 0.6 is 22.9 Å². The van der Waals surface area contributed by atoms with Crippen LogP contribution in [-0.4, -0.2) is 41.4 Å². The molecule has 0 bridgehead atoms. The van der Waals surface area contributed by atoms with Crippen LogP contribution in [0.3, 0.4) is 0 Å². The van der Waals surface area contributed by atoms with E-state index in [1.165, 1.54) is 11.3 Å². The van der Waals surface area contributed by atoms with Crippen LogP contribution in [-0.2, 0) is 4.79 Å². The van der Waals surface area contributed by atoms with Crippen molar-refractivity contribution in [3.63, 3.8) is 0 Å². The van der Waals surface area contributed by atoms with Gasteiger partial charge in [-0.15, -0.1) is 11.3 Å². The highest BCUT2D eigenvalue weighted by Gasteiger charge is 2.48. The molecule has 1 aromatic heterocycles. The average Bonchev–Trinajstić information content (AvgIpc) is 2.95. The van der Waals surface area contributed by atoms with Crippen LogP contribution in [0.25, 0.3) is 0 Å². The van der Waals surface area contributed by atoms with Crippen LogP contribution in [0.5, 0.6) is 0 Å². The minimum absolute atomic E-state index is 0.121. The highest BCUT2D eigenvalue weighted by Crippen LogP contribution is 2.29. The summed E-state index contributed by atoms with van der Waals surface area (Å²) in [5, 5.41) is 7.13. The summed E-state index contributed by atoms with van der Waals surface area (Å²) in [5.41, 5.74) is -0.854. The maximum absolute atomic E-state index is 12.3. The lowest BCUT2D eigenvalue weighted by atomic mass is 9.87. The second kappa shape index (κ2) is 4.75. The predicted octanol–water partition coefficient (Wildman–Crippen LogP) is 1.22. The number of urea groups is 1. The number of rotatable bonds is 1. The molecule has 4 amide bonds. The average molecular weight is 314 g/mol. The van der Waals surface area contributed by atoms with E-state index in [0.29, 0.717) is 35.8 Å². The van der Waals surface area contributed by atoms with Crippen LogP contribution in [0, 0.1) is 0 Å². The number of amides is 4. The Bertz CT molecular complexity index is 593. The number of likely N-dealkylation sites (tertiary alicyclic amines) is 1. The molecule has 0 atom stereocenters. The van der Waals surface area contributed by atoms with E-state index < -0.39 is 11.6 Å². The third-order valence-corrected chi connectivity index (χ3v) is 5.06. The number of hydrogen-bond donors (Lipinski definition) is 2. The van der Waals surface area contributed by atoms with Crippen LogP contribution in [0.4, 0.5) is 4.79 Å². The molecule has 0 unspecified atom stereocenters. The molecule has 8 heteroatoms. The maximum atomic E-state index is 12.3. The van der Waals surface area contributed by atoms with Crippen molar-refractivity contribution in [3.8, 4) is 0 Å². The van der Waals surface area contributed by atoms with Crippen LogP contribution in [0.2, 0.25) is 5.02 Å². The minimum atomic E-state index is -0.854. The minimum Gasteiger partial charge on any atom is -0.338 e. The van der Waals surface area contributed by atoms with Gasteiger partial charge in [-0.1, -0.05) is 11.6 Å². The molecule has 0 aromatic carbocycles. The molecule has 3 heterocycles. The molecule has 0 radical (unpaired) electrons. The third-order valence-electron chi connectivity index (χ3n) is 3.73. The van der Waals surface area contributed by atoms with Crippen LogP contribution in [0.15, 0.2) is 11.4 Å². The molecule has 2 aliphatic heterocycles. The van der Waals surface area contributed by atoms with Gasteiger partial charge in [0.1, 0.15) is 10.4 Å². The highest BCUT2D eigenvalue weighted by atomic mass is 35.5. The zero-order valence-electron chi connectivity index (χ0n) is 10.4. The van der Waals surface area contributed by atoms with Crippen molar-refractivity contribution < 1.29 is 14.4 Å². The molecule has 2 fully saturated rings. The Morgan fingerprint density at radius 1 is 1.35 bits per heavy atom. The third kappa shape index (κ3) is 2.06. The summed E-state index contributed by atoms with van der Waals surface area (Å²) < 4.78 is 0. The summed E-state index contributed by atoms with van der Waals surface area (Å²) in [5.74, 6) is -0.423. The number of hydrogen-bond acceptors (Lipinski definition) is 4. The van der Waals surface area contributed by atoms with Gasteiger partial charge in [-0.2, -0.15) is 0 Å². The SMILES string of the molecule is O=C1NC(=O)C2(CCN(C(=O)c3sccc3Cl)CC2)N1. The molecule has 0 aliphatic carbocycles. The molecule has 20 heavy (non-hydrogen) atoms. The first-order chi connectivity index (χ1) is 9.52.